The van der Waals surface area contributed by atoms with Crippen LogP contribution in [0.25, 0.3) is 0 Å². The van der Waals surface area contributed by atoms with E-state index >= 15 is 0 Å². The van der Waals surface area contributed by atoms with Crippen molar-refractivity contribution in [3.05, 3.63) is 24.3 Å². The molecular formula is C22H35N3O. The molecule has 0 radical (unpaired) electrons. The number of amides is 1. The van der Waals surface area contributed by atoms with Gasteiger partial charge in [0, 0.05) is 30.5 Å². The molecule has 2 fully saturated rings. The Morgan fingerprint density at radius 3 is 2.42 bits per heavy atom. The third kappa shape index (κ3) is 4.79. The zero-order valence-corrected chi connectivity index (χ0v) is 16.6. The predicted octanol–water partition coefficient (Wildman–Crippen LogP) is 4.42. The Morgan fingerprint density at radius 1 is 1.04 bits per heavy atom. The lowest BCUT2D eigenvalue weighted by Gasteiger charge is -2.36. The fraction of sp³-hybridized carbons (Fsp3) is 0.682. The van der Waals surface area contributed by atoms with E-state index in [1.54, 1.807) is 0 Å². The van der Waals surface area contributed by atoms with Crippen molar-refractivity contribution in [2.45, 2.75) is 71.4 Å². The van der Waals surface area contributed by atoms with Crippen LogP contribution < -0.4 is 15.5 Å². The second kappa shape index (κ2) is 8.90. The first kappa shape index (κ1) is 19.2. The topological polar surface area (TPSA) is 44.4 Å². The average molecular weight is 358 g/mol. The molecule has 4 heteroatoms. The molecule has 1 saturated heterocycles. The summed E-state index contributed by atoms with van der Waals surface area (Å²) in [5.74, 6) is 1.42. The number of benzene rings is 1. The molecule has 26 heavy (non-hydrogen) atoms. The van der Waals surface area contributed by atoms with Crippen molar-refractivity contribution >= 4 is 17.3 Å². The quantitative estimate of drug-likeness (QED) is 0.820. The van der Waals surface area contributed by atoms with Crippen molar-refractivity contribution < 1.29 is 4.79 Å². The summed E-state index contributed by atoms with van der Waals surface area (Å²) in [6, 6.07) is 8.59. The number of hydrogen-bond acceptors (Lipinski definition) is 3. The van der Waals surface area contributed by atoms with E-state index in [0.717, 1.165) is 24.7 Å². The maximum absolute atomic E-state index is 12.6. The fourth-order valence-corrected chi connectivity index (χ4v) is 4.37. The van der Waals surface area contributed by atoms with E-state index in [9.17, 15) is 4.79 Å². The Labute approximate surface area is 158 Å². The highest BCUT2D eigenvalue weighted by atomic mass is 16.2. The highest BCUT2D eigenvalue weighted by Gasteiger charge is 2.29. The van der Waals surface area contributed by atoms with Crippen molar-refractivity contribution in [2.75, 3.05) is 23.3 Å². The summed E-state index contributed by atoms with van der Waals surface area (Å²) in [5, 5.41) is 6.63. The molecule has 1 aliphatic carbocycles. The van der Waals surface area contributed by atoms with E-state index in [1.165, 1.54) is 44.2 Å². The molecule has 3 rings (SSSR count). The minimum atomic E-state index is -0.172. The van der Waals surface area contributed by atoms with E-state index in [0.29, 0.717) is 12.0 Å². The van der Waals surface area contributed by atoms with Gasteiger partial charge in [0.25, 0.3) is 0 Å². The summed E-state index contributed by atoms with van der Waals surface area (Å²) < 4.78 is 0. The SMILES string of the molecule is CC(NC1CCCC(C)C1C)C(=O)Nc1ccc(N2CCCCC2)cc1. The second-order valence-corrected chi connectivity index (χ2v) is 8.35. The zero-order chi connectivity index (χ0) is 18.5. The Hall–Kier alpha value is -1.55. The van der Waals surface area contributed by atoms with Gasteiger partial charge in [-0.05, 0) is 68.7 Å². The van der Waals surface area contributed by atoms with Crippen LogP contribution in [-0.2, 0) is 4.79 Å². The van der Waals surface area contributed by atoms with E-state index in [2.05, 4.69) is 41.5 Å². The molecule has 4 nitrogen and oxygen atoms in total. The van der Waals surface area contributed by atoms with Gasteiger partial charge < -0.3 is 15.5 Å². The number of carbonyl (C=O) groups is 1. The van der Waals surface area contributed by atoms with Crippen LogP contribution in [0.5, 0.6) is 0 Å². The van der Waals surface area contributed by atoms with Crippen LogP contribution in [0.3, 0.4) is 0 Å². The van der Waals surface area contributed by atoms with Gasteiger partial charge in [-0.15, -0.1) is 0 Å². The summed E-state index contributed by atoms with van der Waals surface area (Å²) in [6.45, 7) is 8.90. The Bertz CT molecular complexity index is 580. The van der Waals surface area contributed by atoms with Gasteiger partial charge in [-0.3, -0.25) is 4.79 Å². The third-order valence-corrected chi connectivity index (χ3v) is 6.42. The molecule has 1 aliphatic heterocycles. The van der Waals surface area contributed by atoms with Crippen molar-refractivity contribution in [3.8, 4) is 0 Å². The number of rotatable bonds is 5. The fourth-order valence-electron chi connectivity index (χ4n) is 4.37. The Morgan fingerprint density at radius 2 is 1.73 bits per heavy atom. The largest absolute Gasteiger partial charge is 0.372 e. The summed E-state index contributed by atoms with van der Waals surface area (Å²) in [4.78, 5) is 15.0. The van der Waals surface area contributed by atoms with Crippen LogP contribution in [0.1, 0.15) is 59.3 Å². The van der Waals surface area contributed by atoms with Crippen LogP contribution >= 0.6 is 0 Å². The van der Waals surface area contributed by atoms with Crippen LogP contribution in [0.15, 0.2) is 24.3 Å². The monoisotopic (exact) mass is 357 g/mol. The molecule has 144 valence electrons. The summed E-state index contributed by atoms with van der Waals surface area (Å²) in [7, 11) is 0. The molecule has 1 amide bonds. The van der Waals surface area contributed by atoms with Gasteiger partial charge in [-0.2, -0.15) is 0 Å². The number of carbonyl (C=O) groups excluding carboxylic acids is 1. The highest BCUT2D eigenvalue weighted by molar-refractivity contribution is 5.94. The molecule has 0 aromatic heterocycles. The molecule has 4 unspecified atom stereocenters. The summed E-state index contributed by atoms with van der Waals surface area (Å²) in [6.07, 6.45) is 7.64. The summed E-state index contributed by atoms with van der Waals surface area (Å²) in [5.41, 5.74) is 2.15. The third-order valence-electron chi connectivity index (χ3n) is 6.42. The van der Waals surface area contributed by atoms with Crippen LogP contribution in [-0.4, -0.2) is 31.1 Å². The zero-order valence-electron chi connectivity index (χ0n) is 16.6. The van der Waals surface area contributed by atoms with Crippen molar-refractivity contribution in [3.63, 3.8) is 0 Å². The molecule has 0 bridgehead atoms. The predicted molar refractivity (Wildman–Crippen MR) is 110 cm³/mol. The van der Waals surface area contributed by atoms with Crippen molar-refractivity contribution in [1.29, 1.82) is 0 Å². The summed E-state index contributed by atoms with van der Waals surface area (Å²) >= 11 is 0. The molecule has 2 aliphatic rings. The van der Waals surface area contributed by atoms with E-state index in [-0.39, 0.29) is 11.9 Å². The first-order valence-corrected chi connectivity index (χ1v) is 10.5. The minimum Gasteiger partial charge on any atom is -0.372 e. The van der Waals surface area contributed by atoms with Crippen molar-refractivity contribution in [1.82, 2.24) is 5.32 Å². The lowest BCUT2D eigenvalue weighted by atomic mass is 9.78. The standard InChI is InChI=1S/C22H35N3O/c1-16-8-7-9-21(17(16)2)23-18(3)22(26)24-19-10-12-20(13-11-19)25-14-5-4-6-15-25/h10-13,16-18,21,23H,4-9,14-15H2,1-3H3,(H,24,26). The molecular weight excluding hydrogens is 322 g/mol. The van der Waals surface area contributed by atoms with Gasteiger partial charge in [0.15, 0.2) is 0 Å². The lowest BCUT2D eigenvalue weighted by Crippen LogP contribution is -2.49. The molecule has 0 spiro atoms. The van der Waals surface area contributed by atoms with Crippen molar-refractivity contribution in [2.24, 2.45) is 11.8 Å². The van der Waals surface area contributed by atoms with Gasteiger partial charge >= 0.3 is 0 Å². The van der Waals surface area contributed by atoms with Gasteiger partial charge in [0.1, 0.15) is 0 Å². The molecule has 1 aromatic carbocycles. The molecule has 2 N–H and O–H groups in total. The maximum atomic E-state index is 12.6. The van der Waals surface area contributed by atoms with Gasteiger partial charge in [0.05, 0.1) is 6.04 Å². The number of piperidine rings is 1. The van der Waals surface area contributed by atoms with Crippen LogP contribution in [0, 0.1) is 11.8 Å². The molecule has 1 saturated carbocycles. The number of anilines is 2. The lowest BCUT2D eigenvalue weighted by molar-refractivity contribution is -0.118. The molecule has 4 atom stereocenters. The van der Waals surface area contributed by atoms with E-state index in [4.69, 9.17) is 0 Å². The first-order chi connectivity index (χ1) is 12.5. The maximum Gasteiger partial charge on any atom is 0.241 e. The Balaban J connectivity index is 1.52. The Kier molecular flexibility index (Phi) is 6.58. The molecule has 1 aromatic rings. The second-order valence-electron chi connectivity index (χ2n) is 8.35. The van der Waals surface area contributed by atoms with E-state index < -0.39 is 0 Å². The van der Waals surface area contributed by atoms with Crippen LogP contribution in [0.2, 0.25) is 0 Å². The van der Waals surface area contributed by atoms with Crippen LogP contribution in [0.4, 0.5) is 11.4 Å². The highest BCUT2D eigenvalue weighted by Crippen LogP contribution is 2.29. The smallest absolute Gasteiger partial charge is 0.241 e. The first-order valence-electron chi connectivity index (χ1n) is 10.5. The number of nitrogens with zero attached hydrogens (tertiary/aromatic N) is 1. The number of hydrogen-bond donors (Lipinski definition) is 2. The van der Waals surface area contributed by atoms with Gasteiger partial charge in [-0.1, -0.05) is 26.7 Å². The normalized spacial score (nSPS) is 27.8. The van der Waals surface area contributed by atoms with Gasteiger partial charge in [0.2, 0.25) is 5.91 Å². The van der Waals surface area contributed by atoms with Gasteiger partial charge in [-0.25, -0.2) is 0 Å². The minimum absolute atomic E-state index is 0.0566. The molecule has 1 heterocycles. The average Bonchev–Trinajstić information content (AvgIpc) is 2.66. The number of nitrogens with one attached hydrogen (secondary N) is 2. The van der Waals surface area contributed by atoms with E-state index in [1.807, 2.05) is 19.1 Å².